The summed E-state index contributed by atoms with van der Waals surface area (Å²) in [7, 11) is 0. The molecule has 5 nitrogen and oxygen atoms in total. The molecule has 0 spiro atoms. The Hall–Kier alpha value is -2.96. The molecular formula is C21H16ClN3O2S. The molecule has 1 atom stereocenters. The van der Waals surface area contributed by atoms with Crippen LogP contribution in [0, 0.1) is 0 Å². The molecule has 0 bridgehead atoms. The number of rotatable bonds is 5. The number of hydrogen-bond acceptors (Lipinski definition) is 5. The van der Waals surface area contributed by atoms with Crippen molar-refractivity contribution in [2.24, 2.45) is 0 Å². The predicted molar refractivity (Wildman–Crippen MR) is 113 cm³/mol. The quantitative estimate of drug-likeness (QED) is 0.478. The van der Waals surface area contributed by atoms with E-state index in [4.69, 9.17) is 16.3 Å². The Morgan fingerprint density at radius 3 is 2.61 bits per heavy atom. The first-order chi connectivity index (χ1) is 13.6. The molecule has 28 heavy (non-hydrogen) atoms. The van der Waals surface area contributed by atoms with E-state index in [0.717, 1.165) is 16.3 Å². The molecule has 4 aromatic rings. The third-order valence-electron chi connectivity index (χ3n) is 4.17. The van der Waals surface area contributed by atoms with Crippen molar-refractivity contribution in [2.75, 3.05) is 5.32 Å². The minimum absolute atomic E-state index is 0.285. The average Bonchev–Trinajstić information content (AvgIpc) is 3.17. The molecule has 7 heteroatoms. The van der Waals surface area contributed by atoms with Gasteiger partial charge in [0.15, 0.2) is 6.10 Å². The number of carbonyl (C=O) groups is 1. The summed E-state index contributed by atoms with van der Waals surface area (Å²) in [6.07, 6.45) is -0.686. The van der Waals surface area contributed by atoms with Gasteiger partial charge in [-0.05, 0) is 30.5 Å². The van der Waals surface area contributed by atoms with E-state index in [1.54, 1.807) is 19.1 Å². The Balaban J connectivity index is 1.45. The topological polar surface area (TPSA) is 64.1 Å². The zero-order valence-electron chi connectivity index (χ0n) is 14.9. The molecule has 4 rings (SSSR count). The Morgan fingerprint density at radius 1 is 1.04 bits per heavy atom. The smallest absolute Gasteiger partial charge is 0.266 e. The molecular weight excluding hydrogens is 394 g/mol. The number of benzene rings is 3. The van der Waals surface area contributed by atoms with Crippen molar-refractivity contribution in [3.05, 3.63) is 71.8 Å². The van der Waals surface area contributed by atoms with Crippen molar-refractivity contribution in [2.45, 2.75) is 13.0 Å². The van der Waals surface area contributed by atoms with Crippen LogP contribution >= 0.6 is 22.9 Å². The highest BCUT2D eigenvalue weighted by molar-refractivity contribution is 7.18. The average molecular weight is 410 g/mol. The summed E-state index contributed by atoms with van der Waals surface area (Å²) >= 11 is 7.20. The van der Waals surface area contributed by atoms with E-state index in [1.807, 2.05) is 54.6 Å². The van der Waals surface area contributed by atoms with Gasteiger partial charge in [0.25, 0.3) is 5.91 Å². The lowest BCUT2D eigenvalue weighted by Gasteiger charge is -2.15. The first-order valence-electron chi connectivity index (χ1n) is 8.65. The standard InChI is InChI=1S/C21H16ClN3O2S/c1-13(27-18-8-4-6-14-5-2-3-7-17(14)18)19(26)23-21-25-24-20(28-21)15-9-11-16(22)12-10-15/h2-13H,1H3,(H,23,25,26). The SMILES string of the molecule is CC(Oc1cccc2ccccc12)C(=O)Nc1nnc(-c2ccc(Cl)cc2)s1. The van der Waals surface area contributed by atoms with Crippen LogP contribution in [0.5, 0.6) is 5.75 Å². The summed E-state index contributed by atoms with van der Waals surface area (Å²) in [6, 6.07) is 21.0. The summed E-state index contributed by atoms with van der Waals surface area (Å²) in [6.45, 7) is 1.71. The maximum Gasteiger partial charge on any atom is 0.266 e. The number of amides is 1. The zero-order valence-corrected chi connectivity index (χ0v) is 16.5. The van der Waals surface area contributed by atoms with Crippen molar-refractivity contribution >= 4 is 44.7 Å². The lowest BCUT2D eigenvalue weighted by molar-refractivity contribution is -0.122. The molecule has 0 aliphatic rings. The van der Waals surface area contributed by atoms with Gasteiger partial charge in [0.1, 0.15) is 10.8 Å². The number of nitrogens with one attached hydrogen (secondary N) is 1. The van der Waals surface area contributed by atoms with Gasteiger partial charge in [-0.3, -0.25) is 10.1 Å². The van der Waals surface area contributed by atoms with Gasteiger partial charge in [0.2, 0.25) is 5.13 Å². The molecule has 1 amide bonds. The number of carbonyl (C=O) groups excluding carboxylic acids is 1. The van der Waals surface area contributed by atoms with E-state index in [9.17, 15) is 4.79 Å². The van der Waals surface area contributed by atoms with Crippen molar-refractivity contribution in [1.29, 1.82) is 0 Å². The lowest BCUT2D eigenvalue weighted by Crippen LogP contribution is -2.30. The second kappa shape index (κ2) is 7.96. The number of aromatic nitrogens is 2. The minimum atomic E-state index is -0.686. The van der Waals surface area contributed by atoms with Crippen LogP contribution in [0.25, 0.3) is 21.3 Å². The number of hydrogen-bond donors (Lipinski definition) is 1. The summed E-state index contributed by atoms with van der Waals surface area (Å²) in [5.41, 5.74) is 0.891. The van der Waals surface area contributed by atoms with Crippen LogP contribution in [0.1, 0.15) is 6.92 Å². The van der Waals surface area contributed by atoms with Crippen molar-refractivity contribution < 1.29 is 9.53 Å². The Kier molecular flexibility index (Phi) is 5.23. The molecule has 3 aromatic carbocycles. The van der Waals surface area contributed by atoms with Gasteiger partial charge in [-0.2, -0.15) is 0 Å². The molecule has 1 heterocycles. The van der Waals surface area contributed by atoms with Crippen LogP contribution in [0.15, 0.2) is 66.7 Å². The third kappa shape index (κ3) is 3.98. The molecule has 0 saturated carbocycles. The highest BCUT2D eigenvalue weighted by Crippen LogP contribution is 2.28. The van der Waals surface area contributed by atoms with Gasteiger partial charge < -0.3 is 4.74 Å². The van der Waals surface area contributed by atoms with E-state index in [-0.39, 0.29) is 5.91 Å². The van der Waals surface area contributed by atoms with Crippen molar-refractivity contribution in [3.8, 4) is 16.3 Å². The maximum absolute atomic E-state index is 12.5. The summed E-state index contributed by atoms with van der Waals surface area (Å²) in [5, 5.41) is 14.7. The predicted octanol–water partition coefficient (Wildman–Crippen LogP) is 5.42. The summed E-state index contributed by atoms with van der Waals surface area (Å²) in [4.78, 5) is 12.5. The van der Waals surface area contributed by atoms with Crippen LogP contribution < -0.4 is 10.1 Å². The fourth-order valence-corrected chi connectivity index (χ4v) is 3.61. The number of halogens is 1. The van der Waals surface area contributed by atoms with Gasteiger partial charge in [-0.1, -0.05) is 71.5 Å². The third-order valence-corrected chi connectivity index (χ3v) is 5.31. The fourth-order valence-electron chi connectivity index (χ4n) is 2.73. The van der Waals surface area contributed by atoms with E-state index < -0.39 is 6.10 Å². The van der Waals surface area contributed by atoms with E-state index >= 15 is 0 Å². The first kappa shape index (κ1) is 18.4. The molecule has 0 fully saturated rings. The summed E-state index contributed by atoms with van der Waals surface area (Å²) in [5.74, 6) is 0.381. The van der Waals surface area contributed by atoms with E-state index in [0.29, 0.717) is 20.9 Å². The van der Waals surface area contributed by atoms with Crippen molar-refractivity contribution in [1.82, 2.24) is 10.2 Å². The summed E-state index contributed by atoms with van der Waals surface area (Å²) < 4.78 is 5.90. The number of ether oxygens (including phenoxy) is 1. The van der Waals surface area contributed by atoms with Crippen LogP contribution in [0.3, 0.4) is 0 Å². The van der Waals surface area contributed by atoms with Gasteiger partial charge >= 0.3 is 0 Å². The number of anilines is 1. The second-order valence-corrected chi connectivity index (χ2v) is 7.56. The largest absolute Gasteiger partial charge is 0.480 e. The van der Waals surface area contributed by atoms with Gasteiger partial charge in [-0.15, -0.1) is 10.2 Å². The number of nitrogens with zero attached hydrogens (tertiary/aromatic N) is 2. The minimum Gasteiger partial charge on any atom is -0.480 e. The molecule has 0 radical (unpaired) electrons. The van der Waals surface area contributed by atoms with Gasteiger partial charge in [0.05, 0.1) is 0 Å². The van der Waals surface area contributed by atoms with Crippen LogP contribution in [0.4, 0.5) is 5.13 Å². The van der Waals surface area contributed by atoms with E-state index in [1.165, 1.54) is 11.3 Å². The molecule has 140 valence electrons. The Morgan fingerprint density at radius 2 is 1.79 bits per heavy atom. The normalized spacial score (nSPS) is 11.9. The Bertz CT molecular complexity index is 1120. The number of fused-ring (bicyclic) bond motifs is 1. The van der Waals surface area contributed by atoms with Crippen LogP contribution in [0.2, 0.25) is 5.02 Å². The molecule has 0 saturated heterocycles. The monoisotopic (exact) mass is 409 g/mol. The lowest BCUT2D eigenvalue weighted by atomic mass is 10.1. The highest BCUT2D eigenvalue weighted by atomic mass is 35.5. The molecule has 1 aromatic heterocycles. The maximum atomic E-state index is 12.5. The first-order valence-corrected chi connectivity index (χ1v) is 9.84. The van der Waals surface area contributed by atoms with Crippen molar-refractivity contribution in [3.63, 3.8) is 0 Å². The zero-order chi connectivity index (χ0) is 19.5. The molecule has 1 unspecified atom stereocenters. The molecule has 1 N–H and O–H groups in total. The van der Waals surface area contributed by atoms with Gasteiger partial charge in [0, 0.05) is 16.0 Å². The fraction of sp³-hybridized carbons (Fsp3) is 0.0952. The molecule has 0 aliphatic heterocycles. The van der Waals surface area contributed by atoms with Crippen LogP contribution in [-0.2, 0) is 4.79 Å². The van der Waals surface area contributed by atoms with Crippen LogP contribution in [-0.4, -0.2) is 22.2 Å². The second-order valence-electron chi connectivity index (χ2n) is 6.15. The molecule has 0 aliphatic carbocycles. The van der Waals surface area contributed by atoms with Gasteiger partial charge in [-0.25, -0.2) is 0 Å². The highest BCUT2D eigenvalue weighted by Gasteiger charge is 2.18. The Labute approximate surface area is 170 Å². The van der Waals surface area contributed by atoms with E-state index in [2.05, 4.69) is 15.5 Å².